The molecule has 1 saturated carbocycles. The zero-order valence-corrected chi connectivity index (χ0v) is 12.0. The van der Waals surface area contributed by atoms with Gasteiger partial charge < -0.3 is 10.0 Å². The Morgan fingerprint density at radius 1 is 1.25 bits per heavy atom. The van der Waals surface area contributed by atoms with Crippen molar-refractivity contribution < 1.29 is 14.7 Å². The largest absolute Gasteiger partial charge is 0.480 e. The van der Waals surface area contributed by atoms with Crippen molar-refractivity contribution in [3.05, 3.63) is 35.4 Å². The highest BCUT2D eigenvalue weighted by molar-refractivity contribution is 5.96. The summed E-state index contributed by atoms with van der Waals surface area (Å²) in [6, 6.07) is 7.48. The lowest BCUT2D eigenvalue weighted by Gasteiger charge is -2.27. The molecule has 1 aromatic rings. The van der Waals surface area contributed by atoms with Gasteiger partial charge in [0.2, 0.25) is 0 Å². The number of carbonyl (C=O) groups is 2. The second-order valence-corrected chi connectivity index (χ2v) is 5.67. The molecule has 1 aliphatic rings. The number of nitrogens with zero attached hydrogens (tertiary/aromatic N) is 1. The highest BCUT2D eigenvalue weighted by atomic mass is 16.4. The van der Waals surface area contributed by atoms with Crippen molar-refractivity contribution in [2.45, 2.75) is 45.1 Å². The van der Waals surface area contributed by atoms with E-state index in [1.807, 2.05) is 38.1 Å². The molecule has 1 fully saturated rings. The predicted octanol–water partition coefficient (Wildman–Crippen LogP) is 2.89. The van der Waals surface area contributed by atoms with Gasteiger partial charge in [-0.25, -0.2) is 0 Å². The number of hydrogen-bond acceptors (Lipinski definition) is 2. The van der Waals surface area contributed by atoms with Crippen molar-refractivity contribution in [2.75, 3.05) is 6.54 Å². The van der Waals surface area contributed by atoms with Gasteiger partial charge in [0.1, 0.15) is 6.54 Å². The Morgan fingerprint density at radius 3 is 2.25 bits per heavy atom. The van der Waals surface area contributed by atoms with Crippen molar-refractivity contribution in [2.24, 2.45) is 0 Å². The number of carboxylic acids is 1. The van der Waals surface area contributed by atoms with Crippen LogP contribution in [-0.4, -0.2) is 34.5 Å². The monoisotopic (exact) mass is 275 g/mol. The summed E-state index contributed by atoms with van der Waals surface area (Å²) in [6.07, 6.45) is 3.74. The predicted molar refractivity (Wildman–Crippen MR) is 76.8 cm³/mol. The standard InChI is InChI=1S/C16H21NO3/c1-11(2)17(10-15(18)19)16(20)14-8-6-13(7-9-14)12-4-3-5-12/h6-9,11-12H,3-5,10H2,1-2H3,(H,18,19). The van der Waals surface area contributed by atoms with Gasteiger partial charge in [0, 0.05) is 11.6 Å². The Hall–Kier alpha value is -1.84. The van der Waals surface area contributed by atoms with Gasteiger partial charge in [-0.3, -0.25) is 9.59 Å². The molecule has 20 heavy (non-hydrogen) atoms. The maximum Gasteiger partial charge on any atom is 0.323 e. The van der Waals surface area contributed by atoms with Crippen LogP contribution < -0.4 is 0 Å². The molecule has 0 saturated heterocycles. The summed E-state index contributed by atoms with van der Waals surface area (Å²) in [5.41, 5.74) is 1.84. The number of aliphatic carboxylic acids is 1. The Kier molecular flexibility index (Phi) is 4.42. The number of carboxylic acid groups (broad SMARTS) is 1. The molecule has 1 amide bonds. The quantitative estimate of drug-likeness (QED) is 0.899. The summed E-state index contributed by atoms with van der Waals surface area (Å²) in [7, 11) is 0. The van der Waals surface area contributed by atoms with Crippen molar-refractivity contribution >= 4 is 11.9 Å². The molecular weight excluding hydrogens is 254 g/mol. The molecule has 0 bridgehead atoms. The molecule has 0 radical (unpaired) electrons. The molecule has 0 unspecified atom stereocenters. The molecule has 108 valence electrons. The lowest BCUT2D eigenvalue weighted by Crippen LogP contribution is -2.40. The third-order valence-electron chi connectivity index (χ3n) is 3.92. The molecule has 1 aliphatic carbocycles. The second-order valence-electron chi connectivity index (χ2n) is 5.67. The van der Waals surface area contributed by atoms with Crippen LogP contribution in [0.25, 0.3) is 0 Å². The van der Waals surface area contributed by atoms with E-state index < -0.39 is 5.97 Å². The molecule has 1 N–H and O–H groups in total. The Labute approximate surface area is 119 Å². The molecule has 0 aliphatic heterocycles. The highest BCUT2D eigenvalue weighted by Gasteiger charge is 2.23. The molecule has 1 aromatic carbocycles. The average Bonchev–Trinajstić information content (AvgIpc) is 2.33. The smallest absolute Gasteiger partial charge is 0.323 e. The maximum atomic E-state index is 12.3. The van der Waals surface area contributed by atoms with Gasteiger partial charge in [0.15, 0.2) is 0 Å². The van der Waals surface area contributed by atoms with Crippen LogP contribution >= 0.6 is 0 Å². The lowest BCUT2D eigenvalue weighted by atomic mass is 9.80. The van der Waals surface area contributed by atoms with E-state index >= 15 is 0 Å². The third kappa shape index (κ3) is 3.18. The number of rotatable bonds is 5. The van der Waals surface area contributed by atoms with Crippen LogP contribution in [0.3, 0.4) is 0 Å². The molecule has 0 heterocycles. The summed E-state index contributed by atoms with van der Waals surface area (Å²) >= 11 is 0. The fraction of sp³-hybridized carbons (Fsp3) is 0.500. The van der Waals surface area contributed by atoms with Crippen LogP contribution in [-0.2, 0) is 4.79 Å². The first-order chi connectivity index (χ1) is 9.49. The third-order valence-corrected chi connectivity index (χ3v) is 3.92. The van der Waals surface area contributed by atoms with Crippen LogP contribution in [0.1, 0.15) is 54.9 Å². The first-order valence-electron chi connectivity index (χ1n) is 7.11. The van der Waals surface area contributed by atoms with E-state index in [2.05, 4.69) is 0 Å². The maximum absolute atomic E-state index is 12.3. The van der Waals surface area contributed by atoms with E-state index in [0.717, 1.165) is 0 Å². The fourth-order valence-electron chi connectivity index (χ4n) is 2.44. The Bertz CT molecular complexity index is 489. The first kappa shape index (κ1) is 14.6. The van der Waals surface area contributed by atoms with Crippen molar-refractivity contribution in [1.29, 1.82) is 0 Å². The van der Waals surface area contributed by atoms with Crippen molar-refractivity contribution in [3.63, 3.8) is 0 Å². The van der Waals surface area contributed by atoms with Gasteiger partial charge in [-0.2, -0.15) is 0 Å². The molecule has 2 rings (SSSR count). The minimum Gasteiger partial charge on any atom is -0.480 e. The zero-order chi connectivity index (χ0) is 14.7. The molecule has 4 nitrogen and oxygen atoms in total. The van der Waals surface area contributed by atoms with Gasteiger partial charge in [0.05, 0.1) is 0 Å². The summed E-state index contributed by atoms with van der Waals surface area (Å²) in [5.74, 6) is -0.569. The second kappa shape index (κ2) is 6.07. The van der Waals surface area contributed by atoms with Gasteiger partial charge in [-0.05, 0) is 50.3 Å². The van der Waals surface area contributed by atoms with Crippen LogP contribution in [0.15, 0.2) is 24.3 Å². The summed E-state index contributed by atoms with van der Waals surface area (Å²) in [6.45, 7) is 3.38. The van der Waals surface area contributed by atoms with E-state index in [1.165, 1.54) is 29.7 Å². The number of hydrogen-bond donors (Lipinski definition) is 1. The molecular formula is C16H21NO3. The molecule has 0 aromatic heterocycles. The van der Waals surface area contributed by atoms with E-state index in [1.54, 1.807) is 0 Å². The van der Waals surface area contributed by atoms with Gasteiger partial charge in [0.25, 0.3) is 5.91 Å². The fourth-order valence-corrected chi connectivity index (χ4v) is 2.44. The Balaban J connectivity index is 2.11. The molecule has 0 spiro atoms. The van der Waals surface area contributed by atoms with Crippen LogP contribution in [0.2, 0.25) is 0 Å². The van der Waals surface area contributed by atoms with E-state index in [-0.39, 0.29) is 18.5 Å². The van der Waals surface area contributed by atoms with Crippen molar-refractivity contribution in [1.82, 2.24) is 4.90 Å². The highest BCUT2D eigenvalue weighted by Crippen LogP contribution is 2.36. The number of benzene rings is 1. The van der Waals surface area contributed by atoms with Crippen LogP contribution in [0.4, 0.5) is 0 Å². The van der Waals surface area contributed by atoms with Gasteiger partial charge in [-0.1, -0.05) is 18.6 Å². The van der Waals surface area contributed by atoms with Crippen LogP contribution in [0, 0.1) is 0 Å². The van der Waals surface area contributed by atoms with Crippen LogP contribution in [0.5, 0.6) is 0 Å². The SMILES string of the molecule is CC(C)N(CC(=O)O)C(=O)c1ccc(C2CCC2)cc1. The summed E-state index contributed by atoms with van der Waals surface area (Å²) < 4.78 is 0. The molecule has 0 atom stereocenters. The van der Waals surface area contributed by atoms with E-state index in [9.17, 15) is 9.59 Å². The Morgan fingerprint density at radius 2 is 1.85 bits per heavy atom. The van der Waals surface area contributed by atoms with E-state index in [4.69, 9.17) is 5.11 Å². The number of carbonyl (C=O) groups excluding carboxylic acids is 1. The van der Waals surface area contributed by atoms with Crippen molar-refractivity contribution in [3.8, 4) is 0 Å². The summed E-state index contributed by atoms with van der Waals surface area (Å²) in [4.78, 5) is 24.6. The topological polar surface area (TPSA) is 57.6 Å². The first-order valence-corrected chi connectivity index (χ1v) is 7.11. The van der Waals surface area contributed by atoms with E-state index in [0.29, 0.717) is 11.5 Å². The lowest BCUT2D eigenvalue weighted by molar-refractivity contribution is -0.138. The zero-order valence-electron chi connectivity index (χ0n) is 12.0. The minimum atomic E-state index is -0.988. The van der Waals surface area contributed by atoms with Gasteiger partial charge >= 0.3 is 5.97 Å². The molecule has 4 heteroatoms. The average molecular weight is 275 g/mol. The van der Waals surface area contributed by atoms with Gasteiger partial charge in [-0.15, -0.1) is 0 Å². The number of amides is 1. The summed E-state index contributed by atoms with van der Waals surface area (Å²) in [5, 5.41) is 8.89. The minimum absolute atomic E-state index is 0.134. The normalized spacial score (nSPS) is 14.9.